The van der Waals surface area contributed by atoms with Gasteiger partial charge >= 0.3 is 0 Å². The molecular weight excluding hydrogens is 310 g/mol. The van der Waals surface area contributed by atoms with Gasteiger partial charge in [0, 0.05) is 16.2 Å². The van der Waals surface area contributed by atoms with Gasteiger partial charge < -0.3 is 5.32 Å². The van der Waals surface area contributed by atoms with Crippen molar-refractivity contribution in [2.75, 3.05) is 5.32 Å². The van der Waals surface area contributed by atoms with Crippen molar-refractivity contribution in [2.45, 2.75) is 39.7 Å². The fourth-order valence-electron chi connectivity index (χ4n) is 2.35. The molecule has 0 aliphatic heterocycles. The summed E-state index contributed by atoms with van der Waals surface area (Å²) in [6, 6.07) is 15.5. The zero-order valence-electron chi connectivity index (χ0n) is 12.4. The predicted molar refractivity (Wildman–Crippen MR) is 91.5 cm³/mol. The Morgan fingerprint density at radius 3 is 2.60 bits per heavy atom. The van der Waals surface area contributed by atoms with Crippen LogP contribution in [0.4, 0.5) is 5.69 Å². The lowest BCUT2D eigenvalue weighted by Gasteiger charge is -2.17. The number of aryl methyl sites for hydroxylation is 2. The van der Waals surface area contributed by atoms with Gasteiger partial charge in [0.15, 0.2) is 0 Å². The summed E-state index contributed by atoms with van der Waals surface area (Å²) in [5.74, 6) is 0. The van der Waals surface area contributed by atoms with Crippen molar-refractivity contribution in [3.8, 4) is 0 Å². The minimum atomic E-state index is 0.462. The minimum absolute atomic E-state index is 0.462. The number of nitrogens with one attached hydrogen (secondary N) is 1. The number of hydrogen-bond donors (Lipinski definition) is 1. The maximum absolute atomic E-state index is 3.61. The van der Waals surface area contributed by atoms with E-state index in [9.17, 15) is 0 Å². The van der Waals surface area contributed by atoms with Gasteiger partial charge in [-0.3, -0.25) is 0 Å². The highest BCUT2D eigenvalue weighted by atomic mass is 79.9. The van der Waals surface area contributed by atoms with Gasteiger partial charge in [-0.05, 0) is 56.9 Å². The molecule has 106 valence electrons. The van der Waals surface area contributed by atoms with Crippen LogP contribution in [0.2, 0.25) is 0 Å². The van der Waals surface area contributed by atoms with E-state index in [1.165, 1.54) is 22.4 Å². The normalized spacial score (nSPS) is 12.2. The number of halogens is 1. The molecule has 0 aliphatic carbocycles. The van der Waals surface area contributed by atoms with E-state index in [1.54, 1.807) is 0 Å². The fourth-order valence-corrected chi connectivity index (χ4v) is 2.72. The third-order valence-electron chi connectivity index (χ3n) is 3.62. The highest BCUT2D eigenvalue weighted by Gasteiger charge is 2.06. The summed E-state index contributed by atoms with van der Waals surface area (Å²) in [5.41, 5.74) is 5.25. The SMILES string of the molecule is Cc1cccc(CCC(C)Nc2cccc(Br)c2C)c1. The van der Waals surface area contributed by atoms with Gasteiger partial charge in [0.1, 0.15) is 0 Å². The quantitative estimate of drug-likeness (QED) is 0.762. The zero-order valence-corrected chi connectivity index (χ0v) is 14.0. The largest absolute Gasteiger partial charge is 0.382 e. The molecule has 0 aliphatic rings. The van der Waals surface area contributed by atoms with Crippen LogP contribution in [0.5, 0.6) is 0 Å². The molecule has 0 heterocycles. The van der Waals surface area contributed by atoms with Crippen molar-refractivity contribution >= 4 is 21.6 Å². The standard InChI is InChI=1S/C18H22BrN/c1-13-6-4-7-16(12-13)11-10-14(2)20-18-9-5-8-17(19)15(18)3/h4-9,12,14,20H,10-11H2,1-3H3. The summed E-state index contributed by atoms with van der Waals surface area (Å²) >= 11 is 3.58. The molecule has 1 N–H and O–H groups in total. The Balaban J connectivity index is 1.92. The average Bonchev–Trinajstić information content (AvgIpc) is 2.42. The van der Waals surface area contributed by atoms with Gasteiger partial charge in [0.25, 0.3) is 0 Å². The summed E-state index contributed by atoms with van der Waals surface area (Å²) in [4.78, 5) is 0. The maximum Gasteiger partial charge on any atom is 0.0383 e. The average molecular weight is 332 g/mol. The van der Waals surface area contributed by atoms with Crippen LogP contribution in [-0.4, -0.2) is 6.04 Å². The molecule has 0 radical (unpaired) electrons. The highest BCUT2D eigenvalue weighted by Crippen LogP contribution is 2.24. The van der Waals surface area contributed by atoms with E-state index in [2.05, 4.69) is 84.5 Å². The summed E-state index contributed by atoms with van der Waals surface area (Å²) < 4.78 is 1.16. The van der Waals surface area contributed by atoms with Gasteiger partial charge in [-0.1, -0.05) is 51.8 Å². The van der Waals surface area contributed by atoms with E-state index in [-0.39, 0.29) is 0 Å². The predicted octanol–water partition coefficient (Wildman–Crippen LogP) is 5.50. The van der Waals surface area contributed by atoms with Gasteiger partial charge in [0.05, 0.1) is 0 Å². The molecule has 20 heavy (non-hydrogen) atoms. The van der Waals surface area contributed by atoms with Crippen molar-refractivity contribution in [2.24, 2.45) is 0 Å². The minimum Gasteiger partial charge on any atom is -0.382 e. The Bertz CT molecular complexity index is 577. The van der Waals surface area contributed by atoms with Gasteiger partial charge in [0.2, 0.25) is 0 Å². The van der Waals surface area contributed by atoms with Crippen LogP contribution in [0.25, 0.3) is 0 Å². The lowest BCUT2D eigenvalue weighted by Crippen LogP contribution is -2.16. The van der Waals surface area contributed by atoms with E-state index in [0.717, 1.165) is 17.3 Å². The molecule has 1 nitrogen and oxygen atoms in total. The van der Waals surface area contributed by atoms with Crippen LogP contribution >= 0.6 is 15.9 Å². The van der Waals surface area contributed by atoms with Crippen molar-refractivity contribution in [3.05, 3.63) is 63.6 Å². The molecule has 0 bridgehead atoms. The summed E-state index contributed by atoms with van der Waals surface area (Å²) in [5, 5.41) is 3.61. The van der Waals surface area contributed by atoms with E-state index < -0.39 is 0 Å². The fraction of sp³-hybridized carbons (Fsp3) is 0.333. The monoisotopic (exact) mass is 331 g/mol. The summed E-state index contributed by atoms with van der Waals surface area (Å²) in [6.45, 7) is 6.53. The molecule has 1 atom stereocenters. The van der Waals surface area contributed by atoms with Crippen LogP contribution in [-0.2, 0) is 6.42 Å². The van der Waals surface area contributed by atoms with E-state index >= 15 is 0 Å². The third kappa shape index (κ3) is 4.11. The molecule has 0 saturated carbocycles. The smallest absolute Gasteiger partial charge is 0.0383 e. The van der Waals surface area contributed by atoms with E-state index in [0.29, 0.717) is 6.04 Å². The first-order valence-corrected chi connectivity index (χ1v) is 7.93. The first-order valence-electron chi connectivity index (χ1n) is 7.13. The second-order valence-electron chi connectivity index (χ2n) is 5.49. The lowest BCUT2D eigenvalue weighted by molar-refractivity contribution is 0.705. The maximum atomic E-state index is 3.61. The summed E-state index contributed by atoms with van der Waals surface area (Å²) in [6.07, 6.45) is 2.25. The van der Waals surface area contributed by atoms with Gasteiger partial charge in [-0.2, -0.15) is 0 Å². The van der Waals surface area contributed by atoms with Crippen molar-refractivity contribution in [3.63, 3.8) is 0 Å². The topological polar surface area (TPSA) is 12.0 Å². The Morgan fingerprint density at radius 2 is 1.85 bits per heavy atom. The lowest BCUT2D eigenvalue weighted by atomic mass is 10.0. The van der Waals surface area contributed by atoms with Crippen molar-refractivity contribution in [1.29, 1.82) is 0 Å². The number of benzene rings is 2. The van der Waals surface area contributed by atoms with Gasteiger partial charge in [-0.25, -0.2) is 0 Å². The zero-order chi connectivity index (χ0) is 14.5. The molecule has 0 fully saturated rings. The molecule has 0 aromatic heterocycles. The molecule has 0 amide bonds. The van der Waals surface area contributed by atoms with Crippen LogP contribution < -0.4 is 5.32 Å². The molecule has 0 saturated heterocycles. The van der Waals surface area contributed by atoms with Gasteiger partial charge in [-0.15, -0.1) is 0 Å². The molecular formula is C18H22BrN. The molecule has 1 unspecified atom stereocenters. The molecule has 2 heteroatoms. The number of hydrogen-bond acceptors (Lipinski definition) is 1. The second kappa shape index (κ2) is 6.94. The molecule has 0 spiro atoms. The van der Waals surface area contributed by atoms with E-state index in [4.69, 9.17) is 0 Å². The Morgan fingerprint density at radius 1 is 1.10 bits per heavy atom. The molecule has 2 aromatic rings. The molecule has 2 aromatic carbocycles. The van der Waals surface area contributed by atoms with Crippen molar-refractivity contribution in [1.82, 2.24) is 0 Å². The van der Waals surface area contributed by atoms with Crippen LogP contribution in [0.15, 0.2) is 46.9 Å². The first kappa shape index (κ1) is 15.1. The third-order valence-corrected chi connectivity index (χ3v) is 4.48. The number of rotatable bonds is 5. The highest BCUT2D eigenvalue weighted by molar-refractivity contribution is 9.10. The van der Waals surface area contributed by atoms with E-state index in [1.807, 2.05) is 0 Å². The Hall–Kier alpha value is -1.28. The van der Waals surface area contributed by atoms with Crippen LogP contribution in [0.1, 0.15) is 30.0 Å². The number of anilines is 1. The van der Waals surface area contributed by atoms with Crippen LogP contribution in [0.3, 0.4) is 0 Å². The summed E-state index contributed by atoms with van der Waals surface area (Å²) in [7, 11) is 0. The van der Waals surface area contributed by atoms with Crippen LogP contribution in [0, 0.1) is 13.8 Å². The second-order valence-corrected chi connectivity index (χ2v) is 6.34. The Labute approximate surface area is 130 Å². The van der Waals surface area contributed by atoms with Crippen molar-refractivity contribution < 1.29 is 0 Å². The Kier molecular flexibility index (Phi) is 5.24. The molecule has 2 rings (SSSR count). The first-order chi connectivity index (χ1) is 9.56.